The van der Waals surface area contributed by atoms with Crippen molar-refractivity contribution >= 4 is 22.7 Å². The molecule has 0 unspecified atom stereocenters. The normalized spacial score (nSPS) is 11.0. The van der Waals surface area contributed by atoms with Crippen molar-refractivity contribution in [3.05, 3.63) is 52.8 Å². The maximum absolute atomic E-state index is 14.0. The number of nitrogens with zero attached hydrogens (tertiary/aromatic N) is 1. The van der Waals surface area contributed by atoms with Crippen LogP contribution in [0.3, 0.4) is 0 Å². The van der Waals surface area contributed by atoms with Gasteiger partial charge in [0.2, 0.25) is 5.95 Å². The summed E-state index contributed by atoms with van der Waals surface area (Å²) in [7, 11) is 0. The summed E-state index contributed by atoms with van der Waals surface area (Å²) in [6.45, 7) is 5.52. The Balaban J connectivity index is 2.05. The molecular weight excluding hydrogens is 253 g/mol. The van der Waals surface area contributed by atoms with Gasteiger partial charge in [0.25, 0.3) is 0 Å². The van der Waals surface area contributed by atoms with Gasteiger partial charge in [-0.05, 0) is 44.0 Å². The summed E-state index contributed by atoms with van der Waals surface area (Å²) in [6, 6.07) is 9.63. The molecule has 102 valence electrons. The summed E-state index contributed by atoms with van der Waals surface area (Å²) >= 11 is 0. The third kappa shape index (κ3) is 2.03. The molecule has 0 atom stereocenters. The van der Waals surface area contributed by atoms with Gasteiger partial charge in [0.05, 0.1) is 11.0 Å². The number of aromatic amines is 1. The summed E-state index contributed by atoms with van der Waals surface area (Å²) in [5.41, 5.74) is 4.89. The number of imidazole rings is 1. The molecule has 20 heavy (non-hydrogen) atoms. The average molecular weight is 269 g/mol. The zero-order chi connectivity index (χ0) is 14.3. The van der Waals surface area contributed by atoms with E-state index in [0.29, 0.717) is 17.1 Å². The molecule has 3 rings (SSSR count). The van der Waals surface area contributed by atoms with E-state index in [1.165, 1.54) is 0 Å². The van der Waals surface area contributed by atoms with Crippen LogP contribution in [-0.4, -0.2) is 9.97 Å². The molecule has 1 heterocycles. The molecule has 0 bridgehead atoms. The molecule has 0 fully saturated rings. The molecular formula is C16H16FN3. The van der Waals surface area contributed by atoms with E-state index in [0.717, 1.165) is 22.3 Å². The SMILES string of the molecule is Cc1cc(C)c(Nc2nc3ccccc3[nH]2)c(C)c1F. The monoisotopic (exact) mass is 269 g/mol. The number of rotatable bonds is 2. The first kappa shape index (κ1) is 12.7. The Bertz CT molecular complexity index is 757. The van der Waals surface area contributed by atoms with Crippen LogP contribution in [0.1, 0.15) is 16.7 Å². The van der Waals surface area contributed by atoms with Crippen molar-refractivity contribution in [1.82, 2.24) is 9.97 Å². The Labute approximate surface area is 116 Å². The highest BCUT2D eigenvalue weighted by molar-refractivity contribution is 5.78. The largest absolute Gasteiger partial charge is 0.325 e. The summed E-state index contributed by atoms with van der Waals surface area (Å²) in [4.78, 5) is 7.64. The average Bonchev–Trinajstić information content (AvgIpc) is 2.83. The number of aromatic nitrogens is 2. The van der Waals surface area contributed by atoms with Crippen molar-refractivity contribution in [2.45, 2.75) is 20.8 Å². The number of benzene rings is 2. The summed E-state index contributed by atoms with van der Waals surface area (Å²) < 4.78 is 14.0. The lowest BCUT2D eigenvalue weighted by Gasteiger charge is -2.13. The first-order valence-electron chi connectivity index (χ1n) is 6.54. The van der Waals surface area contributed by atoms with Crippen molar-refractivity contribution in [3.63, 3.8) is 0 Å². The second-order valence-corrected chi connectivity index (χ2v) is 5.05. The Kier molecular flexibility index (Phi) is 2.93. The van der Waals surface area contributed by atoms with Gasteiger partial charge in [-0.25, -0.2) is 9.37 Å². The highest BCUT2D eigenvalue weighted by atomic mass is 19.1. The Morgan fingerprint density at radius 2 is 1.85 bits per heavy atom. The fourth-order valence-corrected chi connectivity index (χ4v) is 2.48. The van der Waals surface area contributed by atoms with Gasteiger partial charge in [-0.15, -0.1) is 0 Å². The number of hydrogen-bond donors (Lipinski definition) is 2. The molecule has 3 nitrogen and oxygen atoms in total. The minimum atomic E-state index is -0.172. The molecule has 0 aliphatic carbocycles. The Hall–Kier alpha value is -2.36. The minimum Gasteiger partial charge on any atom is -0.325 e. The smallest absolute Gasteiger partial charge is 0.205 e. The fourth-order valence-electron chi connectivity index (χ4n) is 2.48. The van der Waals surface area contributed by atoms with E-state index in [2.05, 4.69) is 15.3 Å². The van der Waals surface area contributed by atoms with Crippen LogP contribution in [0.25, 0.3) is 11.0 Å². The van der Waals surface area contributed by atoms with Crippen molar-refractivity contribution in [2.24, 2.45) is 0 Å². The quantitative estimate of drug-likeness (QED) is 0.725. The van der Waals surface area contributed by atoms with Crippen LogP contribution in [-0.2, 0) is 0 Å². The molecule has 0 saturated heterocycles. The van der Waals surface area contributed by atoms with Gasteiger partial charge >= 0.3 is 0 Å². The van der Waals surface area contributed by atoms with E-state index >= 15 is 0 Å². The lowest BCUT2D eigenvalue weighted by Crippen LogP contribution is -2.01. The fraction of sp³-hybridized carbons (Fsp3) is 0.188. The number of aryl methyl sites for hydroxylation is 2. The molecule has 2 N–H and O–H groups in total. The predicted molar refractivity (Wildman–Crippen MR) is 80.0 cm³/mol. The number of para-hydroxylation sites is 2. The zero-order valence-electron chi connectivity index (χ0n) is 11.7. The van der Waals surface area contributed by atoms with Gasteiger partial charge in [-0.2, -0.15) is 0 Å². The van der Waals surface area contributed by atoms with Crippen molar-refractivity contribution in [3.8, 4) is 0 Å². The van der Waals surface area contributed by atoms with E-state index in [1.54, 1.807) is 13.8 Å². The molecule has 0 amide bonds. The summed E-state index contributed by atoms with van der Waals surface area (Å²) in [5.74, 6) is 0.454. The van der Waals surface area contributed by atoms with Gasteiger partial charge in [0.1, 0.15) is 5.82 Å². The van der Waals surface area contributed by atoms with Gasteiger partial charge in [0.15, 0.2) is 0 Å². The van der Waals surface area contributed by atoms with Crippen LogP contribution in [0.2, 0.25) is 0 Å². The van der Waals surface area contributed by atoms with Crippen LogP contribution in [0, 0.1) is 26.6 Å². The van der Waals surface area contributed by atoms with Crippen LogP contribution in [0.4, 0.5) is 16.0 Å². The molecule has 0 spiro atoms. The summed E-state index contributed by atoms with van der Waals surface area (Å²) in [6.07, 6.45) is 0. The molecule has 0 aliphatic rings. The van der Waals surface area contributed by atoms with Gasteiger partial charge in [-0.1, -0.05) is 18.2 Å². The van der Waals surface area contributed by atoms with Crippen LogP contribution in [0.5, 0.6) is 0 Å². The number of nitrogens with one attached hydrogen (secondary N) is 2. The second kappa shape index (κ2) is 4.63. The highest BCUT2D eigenvalue weighted by Crippen LogP contribution is 2.28. The van der Waals surface area contributed by atoms with E-state index < -0.39 is 0 Å². The minimum absolute atomic E-state index is 0.172. The molecule has 1 aromatic heterocycles. The van der Waals surface area contributed by atoms with Crippen LogP contribution >= 0.6 is 0 Å². The van der Waals surface area contributed by atoms with E-state index in [4.69, 9.17) is 0 Å². The number of anilines is 2. The molecule has 4 heteroatoms. The Morgan fingerprint density at radius 3 is 2.60 bits per heavy atom. The third-order valence-corrected chi connectivity index (χ3v) is 3.51. The molecule has 2 aromatic carbocycles. The zero-order valence-corrected chi connectivity index (χ0v) is 11.7. The lowest BCUT2D eigenvalue weighted by atomic mass is 10.0. The van der Waals surface area contributed by atoms with Gasteiger partial charge in [-0.3, -0.25) is 0 Å². The summed E-state index contributed by atoms with van der Waals surface area (Å²) in [5, 5.41) is 3.19. The number of hydrogen-bond acceptors (Lipinski definition) is 2. The molecule has 0 aliphatic heterocycles. The van der Waals surface area contributed by atoms with Crippen molar-refractivity contribution < 1.29 is 4.39 Å². The van der Waals surface area contributed by atoms with Gasteiger partial charge in [0, 0.05) is 11.3 Å². The van der Waals surface area contributed by atoms with Crippen LogP contribution < -0.4 is 5.32 Å². The maximum Gasteiger partial charge on any atom is 0.205 e. The standard InChI is InChI=1S/C16H16FN3/c1-9-8-10(2)15(11(3)14(9)17)20-16-18-12-6-4-5-7-13(12)19-16/h4-8H,1-3H3,(H2,18,19,20). The predicted octanol–water partition coefficient (Wildman–Crippen LogP) is 4.37. The first-order valence-corrected chi connectivity index (χ1v) is 6.54. The Morgan fingerprint density at radius 1 is 1.10 bits per heavy atom. The first-order chi connectivity index (χ1) is 9.56. The van der Waals surface area contributed by atoms with Crippen molar-refractivity contribution in [2.75, 3.05) is 5.32 Å². The van der Waals surface area contributed by atoms with E-state index in [-0.39, 0.29) is 5.82 Å². The number of fused-ring (bicyclic) bond motifs is 1. The molecule has 0 radical (unpaired) electrons. The van der Waals surface area contributed by atoms with E-state index in [9.17, 15) is 4.39 Å². The van der Waals surface area contributed by atoms with Gasteiger partial charge < -0.3 is 10.3 Å². The van der Waals surface area contributed by atoms with Crippen molar-refractivity contribution in [1.29, 1.82) is 0 Å². The van der Waals surface area contributed by atoms with E-state index in [1.807, 2.05) is 37.3 Å². The molecule has 3 aromatic rings. The number of H-pyrrole nitrogens is 1. The highest BCUT2D eigenvalue weighted by Gasteiger charge is 2.12. The third-order valence-electron chi connectivity index (χ3n) is 3.51. The topological polar surface area (TPSA) is 40.7 Å². The molecule has 0 saturated carbocycles. The number of halogens is 1. The lowest BCUT2D eigenvalue weighted by molar-refractivity contribution is 0.609. The maximum atomic E-state index is 14.0. The second-order valence-electron chi connectivity index (χ2n) is 5.05. The van der Waals surface area contributed by atoms with Crippen LogP contribution in [0.15, 0.2) is 30.3 Å².